The lowest BCUT2D eigenvalue weighted by Crippen LogP contribution is -1.85. The van der Waals surface area contributed by atoms with Crippen LogP contribution in [0.4, 0.5) is 0 Å². The summed E-state index contributed by atoms with van der Waals surface area (Å²) in [6.45, 7) is 4.24. The first-order valence-corrected chi connectivity index (χ1v) is 7.67. The summed E-state index contributed by atoms with van der Waals surface area (Å²) in [7, 11) is 0. The number of hydrogen-bond donors (Lipinski definition) is 0. The van der Waals surface area contributed by atoms with Crippen LogP contribution in [-0.2, 0) is 0 Å². The zero-order valence-electron chi connectivity index (χ0n) is 12.1. The molecule has 0 aliphatic carbocycles. The summed E-state index contributed by atoms with van der Waals surface area (Å²) >= 11 is 1.77. The third-order valence-corrected chi connectivity index (χ3v) is 4.80. The average Bonchev–Trinajstić information content (AvgIpc) is 2.51. The van der Waals surface area contributed by atoms with Crippen molar-refractivity contribution in [2.75, 3.05) is 0 Å². The first-order valence-electron chi connectivity index (χ1n) is 6.86. The smallest absolute Gasteiger partial charge is 0.0998 e. The largest absolute Gasteiger partial charge is 0.192 e. The fourth-order valence-corrected chi connectivity index (χ4v) is 3.53. The van der Waals surface area contributed by atoms with Crippen LogP contribution in [0.1, 0.15) is 16.7 Å². The van der Waals surface area contributed by atoms with Gasteiger partial charge in [-0.2, -0.15) is 5.26 Å². The van der Waals surface area contributed by atoms with E-state index in [1.807, 2.05) is 30.3 Å². The van der Waals surface area contributed by atoms with Gasteiger partial charge in [0.2, 0.25) is 0 Å². The van der Waals surface area contributed by atoms with E-state index in [0.29, 0.717) is 0 Å². The molecule has 3 aromatic carbocycles. The minimum Gasteiger partial charge on any atom is -0.192 e. The van der Waals surface area contributed by atoms with Crippen LogP contribution in [0.15, 0.2) is 64.4 Å². The number of benzene rings is 3. The van der Waals surface area contributed by atoms with Crippen LogP contribution in [0.25, 0.3) is 10.8 Å². The molecular weight excluding hydrogens is 274 g/mol. The van der Waals surface area contributed by atoms with Gasteiger partial charge in [0.05, 0.1) is 11.6 Å². The highest BCUT2D eigenvalue weighted by atomic mass is 32.2. The lowest BCUT2D eigenvalue weighted by atomic mass is 10.1. The van der Waals surface area contributed by atoms with E-state index in [-0.39, 0.29) is 0 Å². The maximum Gasteiger partial charge on any atom is 0.0998 e. The second kappa shape index (κ2) is 5.63. The minimum atomic E-state index is 0.732. The highest BCUT2D eigenvalue weighted by Gasteiger charge is 2.08. The van der Waals surface area contributed by atoms with Crippen molar-refractivity contribution in [1.82, 2.24) is 0 Å². The van der Waals surface area contributed by atoms with E-state index in [1.165, 1.54) is 20.9 Å². The Morgan fingerprint density at radius 1 is 0.857 bits per heavy atom. The third kappa shape index (κ3) is 2.66. The first kappa shape index (κ1) is 13.7. The van der Waals surface area contributed by atoms with Crippen molar-refractivity contribution in [2.45, 2.75) is 23.6 Å². The number of hydrogen-bond acceptors (Lipinski definition) is 2. The molecule has 1 nitrogen and oxygen atoms in total. The van der Waals surface area contributed by atoms with Gasteiger partial charge in [-0.05, 0) is 48.6 Å². The fourth-order valence-electron chi connectivity index (χ4n) is 2.39. The van der Waals surface area contributed by atoms with Crippen molar-refractivity contribution >= 4 is 22.5 Å². The van der Waals surface area contributed by atoms with Crippen molar-refractivity contribution in [1.29, 1.82) is 5.26 Å². The van der Waals surface area contributed by atoms with Crippen molar-refractivity contribution in [3.8, 4) is 6.07 Å². The predicted molar refractivity (Wildman–Crippen MR) is 88.7 cm³/mol. The van der Waals surface area contributed by atoms with Crippen molar-refractivity contribution < 1.29 is 0 Å². The third-order valence-electron chi connectivity index (χ3n) is 3.57. The summed E-state index contributed by atoms with van der Waals surface area (Å²) in [6.07, 6.45) is 0. The fraction of sp³-hybridized carbons (Fsp3) is 0.105. The summed E-state index contributed by atoms with van der Waals surface area (Å²) < 4.78 is 0. The second-order valence-electron chi connectivity index (χ2n) is 5.14. The Bertz CT molecular complexity index is 859. The Morgan fingerprint density at radius 2 is 1.62 bits per heavy atom. The van der Waals surface area contributed by atoms with Crippen molar-refractivity contribution in [3.05, 3.63) is 71.3 Å². The van der Waals surface area contributed by atoms with Crippen LogP contribution in [0.2, 0.25) is 0 Å². The van der Waals surface area contributed by atoms with Gasteiger partial charge in [0.15, 0.2) is 0 Å². The molecule has 102 valence electrons. The molecule has 0 aliphatic rings. The quantitative estimate of drug-likeness (QED) is 0.623. The standard InChI is InChI=1S/C19H15NS/c1-13-7-8-14(2)19(11-13)21-18-10-9-15(12-20)16-5-3-4-6-17(16)18/h3-11H,1-2H3. The molecule has 0 bridgehead atoms. The Labute approximate surface area is 129 Å². The Kier molecular flexibility index (Phi) is 3.68. The molecule has 0 saturated heterocycles. The van der Waals surface area contributed by atoms with Crippen molar-refractivity contribution in [2.24, 2.45) is 0 Å². The van der Waals surface area contributed by atoms with Gasteiger partial charge in [-0.25, -0.2) is 0 Å². The van der Waals surface area contributed by atoms with E-state index in [0.717, 1.165) is 16.3 Å². The number of aryl methyl sites for hydroxylation is 2. The van der Waals surface area contributed by atoms with Gasteiger partial charge >= 0.3 is 0 Å². The lowest BCUT2D eigenvalue weighted by Gasteiger charge is -2.10. The Balaban J connectivity index is 2.14. The monoisotopic (exact) mass is 289 g/mol. The molecule has 0 fully saturated rings. The second-order valence-corrected chi connectivity index (χ2v) is 6.22. The highest BCUT2D eigenvalue weighted by molar-refractivity contribution is 7.99. The van der Waals surface area contributed by atoms with Crippen molar-refractivity contribution in [3.63, 3.8) is 0 Å². The SMILES string of the molecule is Cc1ccc(C)c(Sc2ccc(C#N)c3ccccc23)c1. The molecule has 0 heterocycles. The molecule has 3 rings (SSSR count). The molecule has 0 aliphatic heterocycles. The van der Waals surface area contributed by atoms with Gasteiger partial charge in [-0.15, -0.1) is 0 Å². The average molecular weight is 289 g/mol. The summed E-state index contributed by atoms with van der Waals surface area (Å²) in [5, 5.41) is 11.4. The molecular formula is C19H15NS. The molecule has 0 radical (unpaired) electrons. The zero-order valence-corrected chi connectivity index (χ0v) is 12.9. The van der Waals surface area contributed by atoms with E-state index in [9.17, 15) is 5.26 Å². The summed E-state index contributed by atoms with van der Waals surface area (Å²) in [6, 6.07) is 20.8. The molecule has 0 aromatic heterocycles. The van der Waals surface area contributed by atoms with Gasteiger partial charge in [-0.1, -0.05) is 48.2 Å². The van der Waals surface area contributed by atoms with E-state index in [1.54, 1.807) is 11.8 Å². The molecule has 0 atom stereocenters. The molecule has 0 saturated carbocycles. The van der Waals surface area contributed by atoms with Crippen LogP contribution in [0, 0.1) is 25.2 Å². The van der Waals surface area contributed by atoms with Crippen LogP contribution in [0.3, 0.4) is 0 Å². The van der Waals surface area contributed by atoms with Crippen LogP contribution < -0.4 is 0 Å². The van der Waals surface area contributed by atoms with E-state index < -0.39 is 0 Å². The maximum absolute atomic E-state index is 9.24. The predicted octanol–water partition coefficient (Wildman–Crippen LogP) is 5.48. The molecule has 3 aromatic rings. The summed E-state index contributed by atoms with van der Waals surface area (Å²) in [4.78, 5) is 2.46. The summed E-state index contributed by atoms with van der Waals surface area (Å²) in [5.74, 6) is 0. The first-order chi connectivity index (χ1) is 10.2. The maximum atomic E-state index is 9.24. The molecule has 0 amide bonds. The Morgan fingerprint density at radius 3 is 2.38 bits per heavy atom. The van der Waals surface area contributed by atoms with Crippen LogP contribution >= 0.6 is 11.8 Å². The van der Waals surface area contributed by atoms with Gasteiger partial charge in [0.25, 0.3) is 0 Å². The minimum absolute atomic E-state index is 0.732. The molecule has 0 N–H and O–H groups in total. The molecule has 21 heavy (non-hydrogen) atoms. The normalized spacial score (nSPS) is 10.5. The van der Waals surface area contributed by atoms with E-state index in [4.69, 9.17) is 0 Å². The molecule has 0 spiro atoms. The van der Waals surface area contributed by atoms with Gasteiger partial charge < -0.3 is 0 Å². The van der Waals surface area contributed by atoms with Gasteiger partial charge in [-0.3, -0.25) is 0 Å². The number of nitriles is 1. The molecule has 2 heteroatoms. The lowest BCUT2D eigenvalue weighted by molar-refractivity contribution is 1.26. The molecule has 0 unspecified atom stereocenters. The van der Waals surface area contributed by atoms with E-state index >= 15 is 0 Å². The highest BCUT2D eigenvalue weighted by Crippen LogP contribution is 2.36. The van der Waals surface area contributed by atoms with Gasteiger partial charge in [0.1, 0.15) is 0 Å². The zero-order chi connectivity index (χ0) is 14.8. The van der Waals surface area contributed by atoms with Crippen LogP contribution in [0.5, 0.6) is 0 Å². The summed E-state index contributed by atoms with van der Waals surface area (Å²) in [5.41, 5.74) is 3.27. The number of rotatable bonds is 2. The number of fused-ring (bicyclic) bond motifs is 1. The Hall–Kier alpha value is -2.24. The number of nitrogens with zero attached hydrogens (tertiary/aromatic N) is 1. The van der Waals surface area contributed by atoms with Crippen LogP contribution in [-0.4, -0.2) is 0 Å². The van der Waals surface area contributed by atoms with E-state index in [2.05, 4.69) is 44.2 Å². The topological polar surface area (TPSA) is 23.8 Å². The van der Waals surface area contributed by atoms with Gasteiger partial charge in [0, 0.05) is 15.2 Å².